The number of thioether (sulfide) groups is 1. The van der Waals surface area contributed by atoms with Crippen molar-refractivity contribution in [3.05, 3.63) is 59.9 Å². The summed E-state index contributed by atoms with van der Waals surface area (Å²) < 4.78 is 6.60. The van der Waals surface area contributed by atoms with Gasteiger partial charge in [0.2, 0.25) is 11.8 Å². The fraction of sp³-hybridized carbons (Fsp3) is 0.278. The number of rotatable bonds is 7. The summed E-state index contributed by atoms with van der Waals surface area (Å²) in [5, 5.41) is 3.50. The van der Waals surface area contributed by atoms with Gasteiger partial charge in [0, 0.05) is 6.42 Å². The Labute approximate surface area is 154 Å². The molecule has 1 atom stereocenters. The number of hydrogen-bond acceptors (Lipinski definition) is 6. The van der Waals surface area contributed by atoms with Gasteiger partial charge in [-0.3, -0.25) is 4.79 Å². The number of hydrogen-bond donors (Lipinski definition) is 1. The van der Waals surface area contributed by atoms with Gasteiger partial charge in [-0.25, -0.2) is 9.97 Å². The molecule has 0 aliphatic heterocycles. The van der Waals surface area contributed by atoms with Gasteiger partial charge in [0.15, 0.2) is 5.13 Å². The van der Waals surface area contributed by atoms with Gasteiger partial charge >= 0.3 is 0 Å². The molecular formula is C18H19N3O2S2. The van der Waals surface area contributed by atoms with E-state index in [1.165, 1.54) is 11.3 Å². The van der Waals surface area contributed by atoms with E-state index in [4.69, 9.17) is 4.42 Å². The van der Waals surface area contributed by atoms with Crippen LogP contribution >= 0.6 is 23.1 Å². The molecule has 0 saturated carbocycles. The van der Waals surface area contributed by atoms with E-state index in [2.05, 4.69) is 15.3 Å². The molecule has 0 bridgehead atoms. The third-order valence-corrected chi connectivity index (χ3v) is 5.79. The van der Waals surface area contributed by atoms with Crippen LogP contribution in [0.1, 0.15) is 37.0 Å². The lowest BCUT2D eigenvalue weighted by atomic mass is 10.0. The molecule has 1 unspecified atom stereocenters. The Hall–Kier alpha value is -2.12. The maximum Gasteiger partial charge on any atom is 0.233 e. The van der Waals surface area contributed by atoms with Gasteiger partial charge in [-0.05, 0) is 12.5 Å². The predicted molar refractivity (Wildman–Crippen MR) is 101 cm³/mol. The summed E-state index contributed by atoms with van der Waals surface area (Å²) in [6.07, 6.45) is 4.37. The molecule has 3 aromatic rings. The van der Waals surface area contributed by atoms with E-state index in [1.54, 1.807) is 24.2 Å². The molecule has 0 fully saturated rings. The zero-order valence-electron chi connectivity index (χ0n) is 14.1. The number of carbonyl (C=O) groups excluding carboxylic acids is 1. The van der Waals surface area contributed by atoms with Crippen molar-refractivity contribution in [1.82, 2.24) is 9.97 Å². The number of aromatic nitrogens is 2. The van der Waals surface area contributed by atoms with E-state index in [0.717, 1.165) is 22.0 Å². The van der Waals surface area contributed by atoms with E-state index in [0.29, 0.717) is 16.8 Å². The molecule has 2 heterocycles. The van der Waals surface area contributed by atoms with Crippen molar-refractivity contribution in [2.45, 2.75) is 36.1 Å². The molecule has 130 valence electrons. The SMILES string of the molecule is CCc1cnc(CSc2cnc(NC(=O)C(C)c3ccccc3)s2)o1. The Morgan fingerprint density at radius 2 is 2.08 bits per heavy atom. The van der Waals surface area contributed by atoms with Crippen molar-refractivity contribution >= 4 is 34.1 Å². The van der Waals surface area contributed by atoms with E-state index in [9.17, 15) is 4.79 Å². The number of nitrogens with one attached hydrogen (secondary N) is 1. The maximum absolute atomic E-state index is 12.4. The lowest BCUT2D eigenvalue weighted by molar-refractivity contribution is -0.117. The quantitative estimate of drug-likeness (QED) is 0.607. The van der Waals surface area contributed by atoms with Crippen LogP contribution in [0, 0.1) is 0 Å². The third kappa shape index (κ3) is 4.70. The highest BCUT2D eigenvalue weighted by molar-refractivity contribution is 8.00. The Morgan fingerprint density at radius 1 is 1.28 bits per heavy atom. The first-order chi connectivity index (χ1) is 12.2. The van der Waals surface area contributed by atoms with Gasteiger partial charge in [-0.15, -0.1) is 11.8 Å². The van der Waals surface area contributed by atoms with Gasteiger partial charge in [-0.1, -0.05) is 48.6 Å². The van der Waals surface area contributed by atoms with Gasteiger partial charge in [-0.2, -0.15) is 0 Å². The minimum absolute atomic E-state index is 0.0580. The molecule has 0 spiro atoms. The summed E-state index contributed by atoms with van der Waals surface area (Å²) in [6.45, 7) is 3.92. The summed E-state index contributed by atoms with van der Waals surface area (Å²) >= 11 is 3.05. The van der Waals surface area contributed by atoms with E-state index < -0.39 is 0 Å². The number of nitrogens with zero attached hydrogens (tertiary/aromatic N) is 2. The summed E-state index contributed by atoms with van der Waals surface area (Å²) in [7, 11) is 0. The minimum Gasteiger partial charge on any atom is -0.445 e. The zero-order valence-corrected chi connectivity index (χ0v) is 15.7. The second-order valence-corrected chi connectivity index (χ2v) is 7.77. The van der Waals surface area contributed by atoms with Crippen molar-refractivity contribution in [3.8, 4) is 0 Å². The Bertz CT molecular complexity index is 830. The fourth-order valence-corrected chi connectivity index (χ4v) is 3.93. The first-order valence-electron chi connectivity index (χ1n) is 8.03. The van der Waals surface area contributed by atoms with E-state index in [-0.39, 0.29) is 11.8 Å². The lowest BCUT2D eigenvalue weighted by Gasteiger charge is -2.10. The maximum atomic E-state index is 12.4. The number of anilines is 1. The third-order valence-electron chi connectivity index (χ3n) is 3.70. The average Bonchev–Trinajstić information content (AvgIpc) is 3.29. The molecule has 1 N–H and O–H groups in total. The molecule has 2 aromatic heterocycles. The van der Waals surface area contributed by atoms with Crippen LogP contribution in [-0.4, -0.2) is 15.9 Å². The minimum atomic E-state index is -0.221. The normalized spacial score (nSPS) is 12.1. The molecule has 25 heavy (non-hydrogen) atoms. The number of amides is 1. The van der Waals surface area contributed by atoms with Crippen molar-refractivity contribution in [2.24, 2.45) is 0 Å². The Balaban J connectivity index is 1.55. The highest BCUT2D eigenvalue weighted by atomic mass is 32.2. The van der Waals surface area contributed by atoms with Crippen LogP contribution in [-0.2, 0) is 17.0 Å². The number of oxazole rings is 1. The molecular weight excluding hydrogens is 354 g/mol. The average molecular weight is 374 g/mol. The molecule has 1 aromatic carbocycles. The molecule has 3 rings (SSSR count). The number of carbonyl (C=O) groups is 1. The second kappa shape index (κ2) is 8.31. The Morgan fingerprint density at radius 3 is 2.80 bits per heavy atom. The largest absolute Gasteiger partial charge is 0.445 e. The second-order valence-electron chi connectivity index (χ2n) is 5.47. The standard InChI is InChI=1S/C18H19N3O2S2/c1-3-14-9-19-15(23-14)11-24-16-10-20-18(25-16)21-17(22)12(2)13-7-5-4-6-8-13/h4-10,12H,3,11H2,1-2H3,(H,20,21,22). The Kier molecular flexibility index (Phi) is 5.88. The lowest BCUT2D eigenvalue weighted by Crippen LogP contribution is -2.18. The molecule has 0 aliphatic carbocycles. The molecule has 1 amide bonds. The number of thiazole rings is 1. The molecule has 0 aliphatic rings. The van der Waals surface area contributed by atoms with Crippen LogP contribution in [0.3, 0.4) is 0 Å². The smallest absolute Gasteiger partial charge is 0.233 e. The van der Waals surface area contributed by atoms with E-state index in [1.807, 2.05) is 44.2 Å². The summed E-state index contributed by atoms with van der Waals surface area (Å²) in [4.78, 5) is 20.9. The molecule has 0 saturated heterocycles. The van der Waals surface area contributed by atoms with Crippen molar-refractivity contribution < 1.29 is 9.21 Å². The van der Waals surface area contributed by atoms with Crippen molar-refractivity contribution in [1.29, 1.82) is 0 Å². The monoisotopic (exact) mass is 373 g/mol. The van der Waals surface area contributed by atoms with Crippen molar-refractivity contribution in [2.75, 3.05) is 5.32 Å². The van der Waals surface area contributed by atoms with Crippen LogP contribution in [0.4, 0.5) is 5.13 Å². The van der Waals surface area contributed by atoms with Gasteiger partial charge in [0.1, 0.15) is 5.76 Å². The van der Waals surface area contributed by atoms with Gasteiger partial charge < -0.3 is 9.73 Å². The van der Waals surface area contributed by atoms with Crippen LogP contribution in [0.5, 0.6) is 0 Å². The molecule has 0 radical (unpaired) electrons. The summed E-state index contributed by atoms with van der Waals surface area (Å²) in [5.74, 6) is 1.97. The first kappa shape index (κ1) is 17.7. The molecule has 7 heteroatoms. The van der Waals surface area contributed by atoms with Crippen molar-refractivity contribution in [3.63, 3.8) is 0 Å². The van der Waals surface area contributed by atoms with Crippen LogP contribution in [0.2, 0.25) is 0 Å². The number of aryl methyl sites for hydroxylation is 1. The van der Waals surface area contributed by atoms with Crippen LogP contribution in [0.15, 0.2) is 51.4 Å². The fourth-order valence-electron chi connectivity index (χ4n) is 2.20. The van der Waals surface area contributed by atoms with Crippen LogP contribution < -0.4 is 5.32 Å². The zero-order chi connectivity index (χ0) is 17.6. The van der Waals surface area contributed by atoms with E-state index >= 15 is 0 Å². The predicted octanol–water partition coefficient (Wildman–Crippen LogP) is 4.73. The van der Waals surface area contributed by atoms with Gasteiger partial charge in [0.25, 0.3) is 0 Å². The topological polar surface area (TPSA) is 68.0 Å². The van der Waals surface area contributed by atoms with Gasteiger partial charge in [0.05, 0.1) is 28.3 Å². The summed E-state index contributed by atoms with van der Waals surface area (Å²) in [5.41, 5.74) is 0.988. The number of benzene rings is 1. The molecule has 5 nitrogen and oxygen atoms in total. The highest BCUT2D eigenvalue weighted by Crippen LogP contribution is 2.31. The van der Waals surface area contributed by atoms with Crippen LogP contribution in [0.25, 0.3) is 0 Å². The highest BCUT2D eigenvalue weighted by Gasteiger charge is 2.16. The first-order valence-corrected chi connectivity index (χ1v) is 9.84. The summed E-state index contributed by atoms with van der Waals surface area (Å²) in [6, 6.07) is 9.71.